The highest BCUT2D eigenvalue weighted by molar-refractivity contribution is 5.79. The lowest BCUT2D eigenvalue weighted by molar-refractivity contribution is 0.0243. The molecule has 0 bridgehead atoms. The maximum atomic E-state index is 5.80. The van der Waals surface area contributed by atoms with Gasteiger partial charge in [0.1, 0.15) is 0 Å². The third-order valence-corrected chi connectivity index (χ3v) is 4.18. The zero-order chi connectivity index (χ0) is 16.5. The van der Waals surface area contributed by atoms with Crippen molar-refractivity contribution in [1.29, 1.82) is 0 Å². The van der Waals surface area contributed by atoms with Crippen LogP contribution in [0.2, 0.25) is 0 Å². The van der Waals surface area contributed by atoms with E-state index in [4.69, 9.17) is 9.47 Å². The van der Waals surface area contributed by atoms with Gasteiger partial charge in [-0.2, -0.15) is 0 Å². The smallest absolute Gasteiger partial charge is 0.191 e. The summed E-state index contributed by atoms with van der Waals surface area (Å²) in [6.45, 7) is 7.88. The molecule has 0 aliphatic carbocycles. The van der Waals surface area contributed by atoms with Crippen molar-refractivity contribution in [2.45, 2.75) is 45.4 Å². The number of nitrogens with zero attached hydrogens (tertiary/aromatic N) is 1. The summed E-state index contributed by atoms with van der Waals surface area (Å²) in [5, 5.41) is 6.74. The van der Waals surface area contributed by atoms with Gasteiger partial charge in [0.25, 0.3) is 0 Å². The molecule has 23 heavy (non-hydrogen) atoms. The number of aliphatic imine (C=N–C) groups is 1. The van der Waals surface area contributed by atoms with E-state index in [0.29, 0.717) is 6.61 Å². The molecule has 2 N–H and O–H groups in total. The van der Waals surface area contributed by atoms with Gasteiger partial charge in [-0.3, -0.25) is 4.99 Å². The fourth-order valence-corrected chi connectivity index (χ4v) is 2.73. The lowest BCUT2D eigenvalue weighted by Gasteiger charge is -2.24. The quantitative estimate of drug-likeness (QED) is 0.599. The Labute approximate surface area is 139 Å². The number of benzene rings is 1. The van der Waals surface area contributed by atoms with Crippen LogP contribution in [0.15, 0.2) is 29.3 Å². The van der Waals surface area contributed by atoms with Crippen molar-refractivity contribution in [3.8, 4) is 0 Å². The van der Waals surface area contributed by atoms with E-state index in [1.54, 1.807) is 7.05 Å². The van der Waals surface area contributed by atoms with E-state index >= 15 is 0 Å². The van der Waals surface area contributed by atoms with E-state index in [9.17, 15) is 0 Å². The van der Waals surface area contributed by atoms with Crippen molar-refractivity contribution < 1.29 is 9.47 Å². The first-order valence-corrected chi connectivity index (χ1v) is 8.40. The summed E-state index contributed by atoms with van der Waals surface area (Å²) in [6.07, 6.45) is 2.23. The van der Waals surface area contributed by atoms with Gasteiger partial charge in [0.05, 0.1) is 12.2 Å². The Bertz CT molecular complexity index is 511. The number of hydrogen-bond acceptors (Lipinski definition) is 3. The molecule has 5 nitrogen and oxygen atoms in total. The SMILES string of the molecule is CCOCc1ccccc1CNC(=NC)NCC1(C)CCCO1. The molecule has 2 rings (SSSR count). The van der Waals surface area contributed by atoms with Gasteiger partial charge >= 0.3 is 0 Å². The number of hydrogen-bond donors (Lipinski definition) is 2. The first kappa shape index (κ1) is 17.8. The minimum atomic E-state index is -0.0789. The summed E-state index contributed by atoms with van der Waals surface area (Å²) in [7, 11) is 1.79. The average Bonchev–Trinajstić information content (AvgIpc) is 3.01. The fourth-order valence-electron chi connectivity index (χ4n) is 2.73. The van der Waals surface area contributed by atoms with E-state index in [0.717, 1.165) is 45.1 Å². The van der Waals surface area contributed by atoms with Crippen LogP contribution in [0.4, 0.5) is 0 Å². The van der Waals surface area contributed by atoms with Gasteiger partial charge in [0.2, 0.25) is 0 Å². The summed E-state index contributed by atoms with van der Waals surface area (Å²) >= 11 is 0. The van der Waals surface area contributed by atoms with Gasteiger partial charge in [0.15, 0.2) is 5.96 Å². The lowest BCUT2D eigenvalue weighted by Crippen LogP contribution is -2.45. The number of ether oxygens (including phenoxy) is 2. The Balaban J connectivity index is 1.85. The molecule has 0 spiro atoms. The molecular formula is C18H29N3O2. The first-order valence-electron chi connectivity index (χ1n) is 8.40. The van der Waals surface area contributed by atoms with Crippen molar-refractivity contribution in [1.82, 2.24) is 10.6 Å². The predicted octanol–water partition coefficient (Wildman–Crippen LogP) is 2.46. The van der Waals surface area contributed by atoms with Crippen LogP contribution in [0.3, 0.4) is 0 Å². The van der Waals surface area contributed by atoms with Gasteiger partial charge in [-0.25, -0.2) is 0 Å². The van der Waals surface area contributed by atoms with E-state index in [-0.39, 0.29) is 5.60 Å². The molecule has 0 aromatic heterocycles. The first-order chi connectivity index (χ1) is 11.2. The molecule has 1 heterocycles. The zero-order valence-electron chi connectivity index (χ0n) is 14.5. The molecule has 5 heteroatoms. The molecule has 0 radical (unpaired) electrons. The molecular weight excluding hydrogens is 290 g/mol. The summed E-state index contributed by atoms with van der Waals surface area (Å²) in [6, 6.07) is 8.32. The van der Waals surface area contributed by atoms with Crippen LogP contribution < -0.4 is 10.6 Å². The maximum absolute atomic E-state index is 5.80. The third-order valence-electron chi connectivity index (χ3n) is 4.18. The summed E-state index contributed by atoms with van der Waals surface area (Å²) in [5.74, 6) is 0.799. The van der Waals surface area contributed by atoms with Crippen LogP contribution in [0, 0.1) is 0 Å². The molecule has 128 valence electrons. The van der Waals surface area contributed by atoms with E-state index in [1.165, 1.54) is 11.1 Å². The Morgan fingerprint density at radius 1 is 1.30 bits per heavy atom. The van der Waals surface area contributed by atoms with Crippen LogP contribution in [-0.4, -0.2) is 38.4 Å². The van der Waals surface area contributed by atoms with Crippen molar-refractivity contribution in [3.05, 3.63) is 35.4 Å². The molecule has 0 amide bonds. The summed E-state index contributed by atoms with van der Waals surface area (Å²) in [4.78, 5) is 4.29. The van der Waals surface area contributed by atoms with Crippen molar-refractivity contribution in [2.75, 3.05) is 26.8 Å². The second-order valence-electron chi connectivity index (χ2n) is 6.09. The van der Waals surface area contributed by atoms with Gasteiger partial charge < -0.3 is 20.1 Å². The lowest BCUT2D eigenvalue weighted by atomic mass is 10.0. The predicted molar refractivity (Wildman–Crippen MR) is 93.6 cm³/mol. The number of nitrogens with one attached hydrogen (secondary N) is 2. The Morgan fingerprint density at radius 2 is 2.09 bits per heavy atom. The van der Waals surface area contributed by atoms with E-state index in [2.05, 4.69) is 40.7 Å². The highest BCUT2D eigenvalue weighted by Crippen LogP contribution is 2.23. The van der Waals surface area contributed by atoms with Crippen LogP contribution in [0.5, 0.6) is 0 Å². The molecule has 0 saturated carbocycles. The average molecular weight is 319 g/mol. The highest BCUT2D eigenvalue weighted by Gasteiger charge is 2.29. The second-order valence-corrected chi connectivity index (χ2v) is 6.09. The van der Waals surface area contributed by atoms with Gasteiger partial charge in [-0.05, 0) is 37.8 Å². The summed E-state index contributed by atoms with van der Waals surface area (Å²) < 4.78 is 11.3. The Hall–Kier alpha value is -1.59. The van der Waals surface area contributed by atoms with Gasteiger partial charge in [-0.1, -0.05) is 24.3 Å². The van der Waals surface area contributed by atoms with Crippen molar-refractivity contribution >= 4 is 5.96 Å². The van der Waals surface area contributed by atoms with E-state index < -0.39 is 0 Å². The largest absolute Gasteiger partial charge is 0.377 e. The Morgan fingerprint density at radius 3 is 2.74 bits per heavy atom. The van der Waals surface area contributed by atoms with Gasteiger partial charge in [0, 0.05) is 33.4 Å². The molecule has 1 aliphatic heterocycles. The molecule has 1 saturated heterocycles. The Kier molecular flexibility index (Phi) is 6.86. The summed E-state index contributed by atoms with van der Waals surface area (Å²) in [5.41, 5.74) is 2.36. The maximum Gasteiger partial charge on any atom is 0.191 e. The molecule has 1 aliphatic rings. The standard InChI is InChI=1S/C18H29N3O2/c1-4-22-13-16-9-6-5-8-15(16)12-20-17(19-3)21-14-18(2)10-7-11-23-18/h5-6,8-9H,4,7,10-14H2,1-3H3,(H2,19,20,21). The number of guanidine groups is 1. The van der Waals surface area contributed by atoms with Crippen LogP contribution >= 0.6 is 0 Å². The molecule has 1 fully saturated rings. The van der Waals surface area contributed by atoms with Gasteiger partial charge in [-0.15, -0.1) is 0 Å². The monoisotopic (exact) mass is 319 g/mol. The van der Waals surface area contributed by atoms with Crippen molar-refractivity contribution in [3.63, 3.8) is 0 Å². The minimum Gasteiger partial charge on any atom is -0.377 e. The fraction of sp³-hybridized carbons (Fsp3) is 0.611. The zero-order valence-corrected chi connectivity index (χ0v) is 14.5. The van der Waals surface area contributed by atoms with Crippen LogP contribution in [-0.2, 0) is 22.6 Å². The molecule has 1 aromatic carbocycles. The van der Waals surface area contributed by atoms with Crippen LogP contribution in [0.25, 0.3) is 0 Å². The van der Waals surface area contributed by atoms with E-state index in [1.807, 2.05) is 13.0 Å². The molecule has 1 unspecified atom stereocenters. The minimum absolute atomic E-state index is 0.0789. The molecule has 1 aromatic rings. The highest BCUT2D eigenvalue weighted by atomic mass is 16.5. The molecule has 1 atom stereocenters. The van der Waals surface area contributed by atoms with Crippen molar-refractivity contribution in [2.24, 2.45) is 4.99 Å². The second kappa shape index (κ2) is 8.89. The topological polar surface area (TPSA) is 54.9 Å². The number of rotatable bonds is 7. The van der Waals surface area contributed by atoms with Crippen LogP contribution in [0.1, 0.15) is 37.8 Å². The third kappa shape index (κ3) is 5.52. The normalized spacial score (nSPS) is 21.4.